The van der Waals surface area contributed by atoms with E-state index in [4.69, 9.17) is 0 Å². The molecule has 0 atom stereocenters. The first kappa shape index (κ1) is 14.9. The average molecular weight is 359 g/mol. The maximum absolute atomic E-state index is 13.4. The minimum atomic E-state index is -3.36. The van der Waals surface area contributed by atoms with Gasteiger partial charge >= 0.3 is 0 Å². The van der Waals surface area contributed by atoms with Gasteiger partial charge in [0, 0.05) is 19.0 Å². The second kappa shape index (κ2) is 5.88. The summed E-state index contributed by atoms with van der Waals surface area (Å²) in [5.41, 5.74) is 0.691. The van der Waals surface area contributed by atoms with Gasteiger partial charge in [-0.2, -0.15) is 0 Å². The molecule has 0 radical (unpaired) electrons. The van der Waals surface area contributed by atoms with Gasteiger partial charge in [0.15, 0.2) is 9.84 Å². The highest BCUT2D eigenvalue weighted by Gasteiger charge is 2.13. The molecular formula is C13H12BrFN2O2S. The van der Waals surface area contributed by atoms with Crippen molar-refractivity contribution in [3.8, 4) is 0 Å². The second-order valence-corrected chi connectivity index (χ2v) is 7.06. The number of nitrogens with zero attached hydrogens (tertiary/aromatic N) is 1. The van der Waals surface area contributed by atoms with E-state index in [-0.39, 0.29) is 23.1 Å². The third-order valence-electron chi connectivity index (χ3n) is 2.61. The maximum Gasteiger partial charge on any atom is 0.179 e. The highest BCUT2D eigenvalue weighted by Crippen LogP contribution is 2.20. The molecule has 1 heterocycles. The van der Waals surface area contributed by atoms with E-state index in [9.17, 15) is 12.8 Å². The molecule has 20 heavy (non-hydrogen) atoms. The summed E-state index contributed by atoms with van der Waals surface area (Å²) in [5.74, 6) is -0.105. The molecule has 0 aliphatic carbocycles. The van der Waals surface area contributed by atoms with Crippen LogP contribution in [0, 0.1) is 5.82 Å². The Labute approximate surface area is 125 Å². The van der Waals surface area contributed by atoms with Crippen LogP contribution in [0.1, 0.15) is 5.56 Å². The van der Waals surface area contributed by atoms with Crippen LogP contribution < -0.4 is 5.32 Å². The van der Waals surface area contributed by atoms with Crippen LogP contribution in [0.25, 0.3) is 0 Å². The lowest BCUT2D eigenvalue weighted by Crippen LogP contribution is -2.08. The highest BCUT2D eigenvalue weighted by atomic mass is 79.9. The predicted molar refractivity (Wildman–Crippen MR) is 78.8 cm³/mol. The Morgan fingerprint density at radius 1 is 1.35 bits per heavy atom. The van der Waals surface area contributed by atoms with E-state index in [1.165, 1.54) is 18.3 Å². The minimum Gasteiger partial charge on any atom is -0.365 e. The van der Waals surface area contributed by atoms with Crippen molar-refractivity contribution in [1.29, 1.82) is 0 Å². The summed E-state index contributed by atoms with van der Waals surface area (Å²) in [6.07, 6.45) is 2.62. The summed E-state index contributed by atoms with van der Waals surface area (Å²) >= 11 is 3.08. The average Bonchev–Trinajstić information content (AvgIpc) is 2.39. The van der Waals surface area contributed by atoms with Gasteiger partial charge in [0.1, 0.15) is 16.5 Å². The van der Waals surface area contributed by atoms with Crippen molar-refractivity contribution in [3.05, 3.63) is 52.4 Å². The number of hydrogen-bond donors (Lipinski definition) is 1. The van der Waals surface area contributed by atoms with Gasteiger partial charge in [-0.25, -0.2) is 17.8 Å². The Hall–Kier alpha value is -1.47. The SMILES string of the molecule is CS(=O)(=O)c1cccnc1NCc1ccc(Br)c(F)c1. The number of rotatable bonds is 4. The van der Waals surface area contributed by atoms with Crippen LogP contribution in [0.4, 0.5) is 10.2 Å². The molecule has 0 spiro atoms. The van der Waals surface area contributed by atoms with Crippen molar-refractivity contribution >= 4 is 31.6 Å². The van der Waals surface area contributed by atoms with Gasteiger partial charge in [0.25, 0.3) is 0 Å². The molecule has 106 valence electrons. The van der Waals surface area contributed by atoms with Crippen molar-refractivity contribution < 1.29 is 12.8 Å². The van der Waals surface area contributed by atoms with Gasteiger partial charge in [0.05, 0.1) is 4.47 Å². The standard InChI is InChI=1S/C13H12BrFN2O2S/c1-20(18,19)12-3-2-6-16-13(12)17-8-9-4-5-10(14)11(15)7-9/h2-7H,8H2,1H3,(H,16,17). The zero-order valence-corrected chi connectivity index (χ0v) is 13.0. The van der Waals surface area contributed by atoms with Crippen LogP contribution in [0.2, 0.25) is 0 Å². The fraction of sp³-hybridized carbons (Fsp3) is 0.154. The maximum atomic E-state index is 13.4. The summed E-state index contributed by atoms with van der Waals surface area (Å²) in [7, 11) is -3.36. The Bertz CT molecular complexity index is 735. The lowest BCUT2D eigenvalue weighted by Gasteiger charge is -2.09. The summed E-state index contributed by atoms with van der Waals surface area (Å²) < 4.78 is 37.0. The first-order valence-corrected chi connectivity index (χ1v) is 8.39. The van der Waals surface area contributed by atoms with E-state index in [1.807, 2.05) is 0 Å². The van der Waals surface area contributed by atoms with E-state index in [1.54, 1.807) is 18.2 Å². The Morgan fingerprint density at radius 2 is 2.10 bits per heavy atom. The molecule has 0 bridgehead atoms. The molecule has 0 unspecified atom stereocenters. The van der Waals surface area contributed by atoms with Crippen molar-refractivity contribution in [2.75, 3.05) is 11.6 Å². The van der Waals surface area contributed by atoms with Crippen molar-refractivity contribution in [2.45, 2.75) is 11.4 Å². The summed E-state index contributed by atoms with van der Waals surface area (Å²) in [6.45, 7) is 0.281. The lowest BCUT2D eigenvalue weighted by atomic mass is 10.2. The quantitative estimate of drug-likeness (QED) is 0.912. The van der Waals surface area contributed by atoms with E-state index in [0.717, 1.165) is 6.26 Å². The number of halogens is 2. The molecule has 2 aromatic rings. The molecule has 0 aliphatic rings. The fourth-order valence-corrected chi connectivity index (χ4v) is 2.71. The van der Waals surface area contributed by atoms with Crippen LogP contribution in [0.5, 0.6) is 0 Å². The lowest BCUT2D eigenvalue weighted by molar-refractivity contribution is 0.601. The number of nitrogens with one attached hydrogen (secondary N) is 1. The van der Waals surface area contributed by atoms with Gasteiger partial charge in [-0.15, -0.1) is 0 Å². The van der Waals surface area contributed by atoms with Gasteiger partial charge < -0.3 is 5.32 Å². The molecule has 0 aliphatic heterocycles. The largest absolute Gasteiger partial charge is 0.365 e. The molecule has 4 nitrogen and oxygen atoms in total. The molecule has 1 N–H and O–H groups in total. The first-order valence-electron chi connectivity index (χ1n) is 5.71. The second-order valence-electron chi connectivity index (χ2n) is 4.22. The molecule has 0 saturated heterocycles. The molecule has 0 saturated carbocycles. The van der Waals surface area contributed by atoms with Crippen LogP contribution in [0.15, 0.2) is 45.9 Å². The Balaban J connectivity index is 2.21. The van der Waals surface area contributed by atoms with Crippen molar-refractivity contribution in [3.63, 3.8) is 0 Å². The molecule has 0 fully saturated rings. The Morgan fingerprint density at radius 3 is 2.75 bits per heavy atom. The molecule has 7 heteroatoms. The number of aromatic nitrogens is 1. The van der Waals surface area contributed by atoms with Gasteiger partial charge in [0.2, 0.25) is 0 Å². The van der Waals surface area contributed by atoms with E-state index in [2.05, 4.69) is 26.2 Å². The van der Waals surface area contributed by atoms with Crippen LogP contribution >= 0.6 is 15.9 Å². The monoisotopic (exact) mass is 358 g/mol. The highest BCUT2D eigenvalue weighted by molar-refractivity contribution is 9.10. The number of benzene rings is 1. The van der Waals surface area contributed by atoms with Gasteiger partial charge in [-0.1, -0.05) is 6.07 Å². The normalized spacial score (nSPS) is 11.3. The van der Waals surface area contributed by atoms with Gasteiger partial charge in [-0.05, 0) is 45.8 Å². The third-order valence-corrected chi connectivity index (χ3v) is 4.39. The molecule has 1 aromatic carbocycles. The van der Waals surface area contributed by atoms with E-state index >= 15 is 0 Å². The summed E-state index contributed by atoms with van der Waals surface area (Å²) in [4.78, 5) is 4.13. The van der Waals surface area contributed by atoms with Crippen LogP contribution in [0.3, 0.4) is 0 Å². The molecule has 0 amide bonds. The van der Waals surface area contributed by atoms with Gasteiger partial charge in [-0.3, -0.25) is 0 Å². The number of hydrogen-bond acceptors (Lipinski definition) is 4. The smallest absolute Gasteiger partial charge is 0.179 e. The molecule has 1 aromatic heterocycles. The number of pyridine rings is 1. The topological polar surface area (TPSA) is 59.1 Å². The first-order chi connectivity index (χ1) is 9.38. The zero-order chi connectivity index (χ0) is 14.8. The van der Waals surface area contributed by atoms with Crippen molar-refractivity contribution in [2.24, 2.45) is 0 Å². The van der Waals surface area contributed by atoms with Crippen LogP contribution in [-0.4, -0.2) is 19.7 Å². The third kappa shape index (κ3) is 3.55. The van der Waals surface area contributed by atoms with E-state index in [0.29, 0.717) is 10.0 Å². The minimum absolute atomic E-state index is 0.123. The van der Waals surface area contributed by atoms with Crippen molar-refractivity contribution in [1.82, 2.24) is 4.98 Å². The number of anilines is 1. The van der Waals surface area contributed by atoms with E-state index < -0.39 is 9.84 Å². The summed E-state index contributed by atoms with van der Waals surface area (Å²) in [6, 6.07) is 7.75. The fourth-order valence-electron chi connectivity index (χ4n) is 1.66. The number of sulfone groups is 1. The summed E-state index contributed by atoms with van der Waals surface area (Å²) in [5, 5.41) is 2.91. The zero-order valence-electron chi connectivity index (χ0n) is 10.6. The predicted octanol–water partition coefficient (Wildman–Crippen LogP) is 3.00. The Kier molecular flexibility index (Phi) is 4.39. The van der Waals surface area contributed by atoms with Crippen LogP contribution in [-0.2, 0) is 16.4 Å². The molecule has 2 rings (SSSR count). The molecular weight excluding hydrogens is 347 g/mol.